The van der Waals surface area contributed by atoms with Gasteiger partial charge >= 0.3 is 0 Å². The van der Waals surface area contributed by atoms with E-state index in [4.69, 9.17) is 4.52 Å². The molecule has 3 aromatic rings. The number of hydrogen-bond donors (Lipinski definition) is 4. The maximum atomic E-state index is 12.3. The zero-order chi connectivity index (χ0) is 21.0. The number of hydrogen-bond acceptors (Lipinski definition) is 7. The Kier molecular flexibility index (Phi) is 5.55. The Morgan fingerprint density at radius 2 is 1.79 bits per heavy atom. The maximum absolute atomic E-state index is 12.3. The predicted octanol–water partition coefficient (Wildman–Crippen LogP) is 2.85. The second-order valence-corrected chi connectivity index (χ2v) is 7.71. The van der Waals surface area contributed by atoms with Crippen molar-refractivity contribution >= 4 is 33.5 Å². The van der Waals surface area contributed by atoms with Gasteiger partial charge in [-0.2, -0.15) is 0 Å². The number of aromatic hydroxyl groups is 2. The van der Waals surface area contributed by atoms with Crippen molar-refractivity contribution in [3.63, 3.8) is 0 Å². The highest BCUT2D eigenvalue weighted by molar-refractivity contribution is 7.92. The molecule has 0 aliphatic heterocycles. The van der Waals surface area contributed by atoms with Crippen molar-refractivity contribution in [1.82, 2.24) is 5.16 Å². The summed E-state index contributed by atoms with van der Waals surface area (Å²) in [7, 11) is -3.84. The standard InChI is InChI=1S/C19H17N3O6S/c1-12-10-18(21-28-12)22-29(26,27)15-6-4-14(5-7-15)20-19(25)9-3-13-2-8-16(23)17(24)11-13/h2-11,23-24H,1H3,(H,20,25)(H,21,22)/b9-3+. The van der Waals surface area contributed by atoms with Gasteiger partial charge in [0, 0.05) is 17.8 Å². The molecule has 1 amide bonds. The number of carbonyl (C=O) groups is 1. The molecule has 0 aliphatic carbocycles. The summed E-state index contributed by atoms with van der Waals surface area (Å²) in [5, 5.41) is 24.9. The molecule has 0 radical (unpaired) electrons. The highest BCUT2D eigenvalue weighted by atomic mass is 32.2. The normalized spacial score (nSPS) is 11.5. The van der Waals surface area contributed by atoms with E-state index in [9.17, 15) is 23.4 Å². The fourth-order valence-corrected chi connectivity index (χ4v) is 3.31. The molecular weight excluding hydrogens is 398 g/mol. The minimum absolute atomic E-state index is 0.00809. The predicted molar refractivity (Wildman–Crippen MR) is 106 cm³/mol. The number of rotatable bonds is 6. The highest BCUT2D eigenvalue weighted by Gasteiger charge is 2.16. The van der Waals surface area contributed by atoms with E-state index in [1.165, 1.54) is 60.7 Å². The molecule has 1 heterocycles. The molecule has 29 heavy (non-hydrogen) atoms. The summed E-state index contributed by atoms with van der Waals surface area (Å²) in [4.78, 5) is 12.0. The van der Waals surface area contributed by atoms with Crippen molar-refractivity contribution in [3.05, 3.63) is 65.9 Å². The van der Waals surface area contributed by atoms with Crippen LogP contribution in [0.3, 0.4) is 0 Å². The topological polar surface area (TPSA) is 142 Å². The van der Waals surface area contributed by atoms with Gasteiger partial charge in [0.05, 0.1) is 4.90 Å². The van der Waals surface area contributed by atoms with Crippen molar-refractivity contribution < 1.29 is 27.9 Å². The number of carbonyl (C=O) groups excluding carboxylic acids is 1. The second-order valence-electron chi connectivity index (χ2n) is 6.02. The monoisotopic (exact) mass is 415 g/mol. The number of anilines is 2. The third kappa shape index (κ3) is 5.14. The van der Waals surface area contributed by atoms with Gasteiger partial charge < -0.3 is 20.1 Å². The van der Waals surface area contributed by atoms with E-state index in [0.29, 0.717) is 17.0 Å². The van der Waals surface area contributed by atoms with Crippen LogP contribution in [0.4, 0.5) is 11.5 Å². The number of phenols is 2. The molecule has 0 saturated heterocycles. The lowest BCUT2D eigenvalue weighted by atomic mass is 10.2. The smallest absolute Gasteiger partial charge is 0.263 e. The van der Waals surface area contributed by atoms with Crippen LogP contribution in [0.1, 0.15) is 11.3 Å². The highest BCUT2D eigenvalue weighted by Crippen LogP contribution is 2.25. The molecule has 9 nitrogen and oxygen atoms in total. The number of phenolic OH excluding ortho intramolecular Hbond substituents is 2. The summed E-state index contributed by atoms with van der Waals surface area (Å²) in [6, 6.07) is 11.2. The molecule has 0 fully saturated rings. The van der Waals surface area contributed by atoms with Crippen LogP contribution in [-0.2, 0) is 14.8 Å². The summed E-state index contributed by atoms with van der Waals surface area (Å²) in [6.07, 6.45) is 2.70. The Labute approximate surface area is 166 Å². The summed E-state index contributed by atoms with van der Waals surface area (Å²) in [6.45, 7) is 1.64. The first-order valence-electron chi connectivity index (χ1n) is 8.30. The van der Waals surface area contributed by atoms with Crippen LogP contribution >= 0.6 is 0 Å². The Bertz CT molecular complexity index is 1170. The molecule has 0 atom stereocenters. The number of aryl methyl sites for hydroxylation is 1. The Morgan fingerprint density at radius 3 is 2.41 bits per heavy atom. The fraction of sp³-hybridized carbons (Fsp3) is 0.0526. The molecule has 0 bridgehead atoms. The minimum Gasteiger partial charge on any atom is -0.504 e. The minimum atomic E-state index is -3.84. The Morgan fingerprint density at radius 1 is 1.07 bits per heavy atom. The quantitative estimate of drug-likeness (QED) is 0.358. The number of nitrogens with zero attached hydrogens (tertiary/aromatic N) is 1. The van der Waals surface area contributed by atoms with Crippen molar-refractivity contribution in [3.8, 4) is 11.5 Å². The average Bonchev–Trinajstić information content (AvgIpc) is 3.07. The summed E-state index contributed by atoms with van der Waals surface area (Å²) >= 11 is 0. The molecule has 10 heteroatoms. The van der Waals surface area contributed by atoms with E-state index < -0.39 is 15.9 Å². The van der Waals surface area contributed by atoms with Crippen LogP contribution in [0.5, 0.6) is 11.5 Å². The summed E-state index contributed by atoms with van der Waals surface area (Å²) in [5.41, 5.74) is 0.912. The number of nitrogens with one attached hydrogen (secondary N) is 2. The molecular formula is C19H17N3O6S. The first-order valence-corrected chi connectivity index (χ1v) is 9.78. The third-order valence-corrected chi connectivity index (χ3v) is 5.10. The second kappa shape index (κ2) is 8.07. The molecule has 150 valence electrons. The van der Waals surface area contributed by atoms with Crippen LogP contribution in [-0.4, -0.2) is 29.7 Å². The number of amides is 1. The SMILES string of the molecule is Cc1cc(NS(=O)(=O)c2ccc(NC(=O)/C=C/c3ccc(O)c(O)c3)cc2)no1. The van der Waals surface area contributed by atoms with E-state index in [1.54, 1.807) is 6.92 Å². The molecule has 0 spiro atoms. The van der Waals surface area contributed by atoms with Crippen LogP contribution < -0.4 is 10.0 Å². The van der Waals surface area contributed by atoms with E-state index in [0.717, 1.165) is 0 Å². The van der Waals surface area contributed by atoms with E-state index in [2.05, 4.69) is 15.2 Å². The zero-order valence-corrected chi connectivity index (χ0v) is 16.0. The maximum Gasteiger partial charge on any atom is 0.263 e. The molecule has 3 rings (SSSR count). The molecule has 1 aromatic heterocycles. The lowest BCUT2D eigenvalue weighted by molar-refractivity contribution is -0.111. The van der Waals surface area contributed by atoms with Gasteiger partial charge in [-0.25, -0.2) is 8.42 Å². The van der Waals surface area contributed by atoms with Crippen LogP contribution in [0.2, 0.25) is 0 Å². The lowest BCUT2D eigenvalue weighted by Gasteiger charge is -2.07. The Balaban J connectivity index is 1.64. The Hall–Kier alpha value is -3.79. The van der Waals surface area contributed by atoms with Gasteiger partial charge in [-0.3, -0.25) is 9.52 Å². The van der Waals surface area contributed by atoms with Crippen molar-refractivity contribution in [2.24, 2.45) is 0 Å². The number of benzene rings is 2. The summed E-state index contributed by atoms with van der Waals surface area (Å²) < 4.78 is 31.8. The molecule has 2 aromatic carbocycles. The van der Waals surface area contributed by atoms with Crippen LogP contribution in [0, 0.1) is 6.92 Å². The van der Waals surface area contributed by atoms with Gasteiger partial charge in [0.15, 0.2) is 17.3 Å². The van der Waals surface area contributed by atoms with Gasteiger partial charge in [0.25, 0.3) is 10.0 Å². The van der Waals surface area contributed by atoms with Gasteiger partial charge in [0.1, 0.15) is 5.76 Å². The zero-order valence-electron chi connectivity index (χ0n) is 15.2. The van der Waals surface area contributed by atoms with Crippen molar-refractivity contribution in [2.45, 2.75) is 11.8 Å². The molecule has 4 N–H and O–H groups in total. The number of aromatic nitrogens is 1. The van der Waals surface area contributed by atoms with E-state index >= 15 is 0 Å². The molecule has 0 aliphatic rings. The van der Waals surface area contributed by atoms with Gasteiger partial charge in [-0.15, -0.1) is 0 Å². The van der Waals surface area contributed by atoms with Crippen LogP contribution in [0.15, 0.2) is 64.0 Å². The molecule has 0 unspecified atom stereocenters. The lowest BCUT2D eigenvalue weighted by Crippen LogP contribution is -2.13. The first-order chi connectivity index (χ1) is 13.7. The van der Waals surface area contributed by atoms with Crippen molar-refractivity contribution in [1.29, 1.82) is 0 Å². The fourth-order valence-electron chi connectivity index (χ4n) is 2.33. The van der Waals surface area contributed by atoms with Gasteiger partial charge in [0.2, 0.25) is 5.91 Å². The first kappa shape index (κ1) is 20.0. The molecule has 0 saturated carbocycles. The summed E-state index contributed by atoms with van der Waals surface area (Å²) in [5.74, 6) is -0.459. The number of sulfonamides is 1. The van der Waals surface area contributed by atoms with Gasteiger partial charge in [-0.1, -0.05) is 11.2 Å². The third-order valence-electron chi connectivity index (χ3n) is 3.73. The van der Waals surface area contributed by atoms with Crippen molar-refractivity contribution in [2.75, 3.05) is 10.0 Å². The van der Waals surface area contributed by atoms with E-state index in [-0.39, 0.29) is 22.2 Å². The average molecular weight is 415 g/mol. The largest absolute Gasteiger partial charge is 0.504 e. The van der Waals surface area contributed by atoms with E-state index in [1.807, 2.05) is 0 Å². The van der Waals surface area contributed by atoms with Gasteiger partial charge in [-0.05, 0) is 55.0 Å². The van der Waals surface area contributed by atoms with Crippen LogP contribution in [0.25, 0.3) is 6.08 Å².